The zero-order chi connectivity index (χ0) is 23.7. The Balaban J connectivity index is 1.50. The molecule has 5 rings (SSSR count). The summed E-state index contributed by atoms with van der Waals surface area (Å²) in [4.78, 5) is 29.2. The smallest absolute Gasteiger partial charge is 0.271 e. The van der Waals surface area contributed by atoms with Crippen molar-refractivity contribution in [1.29, 1.82) is 0 Å². The van der Waals surface area contributed by atoms with Gasteiger partial charge in [0.2, 0.25) is 5.91 Å². The van der Waals surface area contributed by atoms with Gasteiger partial charge in [0, 0.05) is 12.6 Å². The maximum atomic E-state index is 13.8. The molecule has 1 fully saturated rings. The van der Waals surface area contributed by atoms with Crippen LogP contribution in [0, 0.1) is 0 Å². The minimum absolute atomic E-state index is 0.108. The normalized spacial score (nSPS) is 20.4. The van der Waals surface area contributed by atoms with Gasteiger partial charge in [0.15, 0.2) is 0 Å². The number of carbonyl (C=O) groups excluding carboxylic acids is 2. The average Bonchev–Trinajstić information content (AvgIpc) is 3.60. The highest BCUT2D eigenvalue weighted by molar-refractivity contribution is 6.00. The number of ether oxygens (including phenoxy) is 1. The lowest BCUT2D eigenvalue weighted by atomic mass is 9.93. The van der Waals surface area contributed by atoms with Gasteiger partial charge in [-0.05, 0) is 68.7 Å². The summed E-state index contributed by atoms with van der Waals surface area (Å²) in [6, 6.07) is 15.3. The van der Waals surface area contributed by atoms with E-state index in [2.05, 4.69) is 5.32 Å². The van der Waals surface area contributed by atoms with Crippen LogP contribution in [0.1, 0.15) is 55.6 Å². The first-order valence-corrected chi connectivity index (χ1v) is 12.1. The van der Waals surface area contributed by atoms with E-state index >= 15 is 0 Å². The van der Waals surface area contributed by atoms with Crippen molar-refractivity contribution in [3.8, 4) is 17.2 Å². The Morgan fingerprint density at radius 1 is 1.12 bits per heavy atom. The van der Waals surface area contributed by atoms with Crippen LogP contribution in [0.3, 0.4) is 0 Å². The van der Waals surface area contributed by atoms with Crippen LogP contribution in [0.4, 0.5) is 0 Å². The predicted octanol–water partition coefficient (Wildman–Crippen LogP) is 4.62. The first-order valence-electron chi connectivity index (χ1n) is 12.1. The van der Waals surface area contributed by atoms with Crippen molar-refractivity contribution in [2.75, 3.05) is 6.61 Å². The fraction of sp³-hybridized carbons (Fsp3) is 0.407. The van der Waals surface area contributed by atoms with Gasteiger partial charge in [-0.2, -0.15) is 0 Å². The second kappa shape index (κ2) is 9.05. The lowest BCUT2D eigenvalue weighted by Gasteiger charge is -2.44. The maximum absolute atomic E-state index is 13.8. The highest BCUT2D eigenvalue weighted by atomic mass is 16.5. The van der Waals surface area contributed by atoms with E-state index in [0.29, 0.717) is 31.2 Å². The topological polar surface area (TPSA) is 76.7 Å². The first kappa shape index (κ1) is 22.3. The van der Waals surface area contributed by atoms with Gasteiger partial charge in [-0.25, -0.2) is 0 Å². The van der Waals surface area contributed by atoms with E-state index in [1.165, 1.54) is 0 Å². The molecule has 178 valence electrons. The fourth-order valence-electron chi connectivity index (χ4n) is 5.11. The van der Waals surface area contributed by atoms with Gasteiger partial charge >= 0.3 is 0 Å². The third kappa shape index (κ3) is 4.00. The molecule has 0 bridgehead atoms. The predicted molar refractivity (Wildman–Crippen MR) is 128 cm³/mol. The molecule has 1 unspecified atom stereocenters. The Morgan fingerprint density at radius 2 is 1.85 bits per heavy atom. The highest BCUT2D eigenvalue weighted by Crippen LogP contribution is 2.35. The average molecular weight is 462 g/mol. The van der Waals surface area contributed by atoms with Crippen LogP contribution in [0.5, 0.6) is 5.75 Å². The number of hydrogen-bond donors (Lipinski definition) is 1. The lowest BCUT2D eigenvalue weighted by molar-refractivity contribution is -0.133. The Bertz CT molecular complexity index is 1160. The van der Waals surface area contributed by atoms with E-state index in [-0.39, 0.29) is 17.9 Å². The van der Waals surface area contributed by atoms with Crippen LogP contribution >= 0.6 is 0 Å². The molecule has 3 heterocycles. The molecule has 34 heavy (non-hydrogen) atoms. The largest absolute Gasteiger partial charge is 0.494 e. The zero-order valence-electron chi connectivity index (χ0n) is 19.8. The van der Waals surface area contributed by atoms with E-state index < -0.39 is 5.54 Å². The van der Waals surface area contributed by atoms with Crippen molar-refractivity contribution in [3.63, 3.8) is 0 Å². The molecular formula is C27H31N3O4. The summed E-state index contributed by atoms with van der Waals surface area (Å²) < 4.78 is 13.1. The van der Waals surface area contributed by atoms with Crippen LogP contribution in [-0.4, -0.2) is 39.5 Å². The standard InChI is InChI=1S/C27H31N3O4/c1-3-33-21-12-10-19(11-13-21)17-30-25(31)23-15-14-22(24-9-6-16-34-24)29(23)18-27(30,2)26(32)28-20-7-4-5-8-20/h6,9-16,20H,3-5,7-8,17-18H2,1-2H3,(H,28,32). The van der Waals surface area contributed by atoms with E-state index in [0.717, 1.165) is 42.7 Å². The van der Waals surface area contributed by atoms with Crippen LogP contribution < -0.4 is 10.1 Å². The summed E-state index contributed by atoms with van der Waals surface area (Å²) in [6.07, 6.45) is 5.84. The molecular weight excluding hydrogens is 430 g/mol. The number of nitrogens with zero attached hydrogens (tertiary/aromatic N) is 2. The molecule has 3 aromatic rings. The summed E-state index contributed by atoms with van der Waals surface area (Å²) in [5, 5.41) is 3.24. The van der Waals surface area contributed by atoms with Crippen molar-refractivity contribution in [1.82, 2.24) is 14.8 Å². The quantitative estimate of drug-likeness (QED) is 0.557. The Kier molecular flexibility index (Phi) is 5.94. The van der Waals surface area contributed by atoms with Crippen molar-refractivity contribution in [2.45, 2.75) is 64.2 Å². The Morgan fingerprint density at radius 3 is 2.53 bits per heavy atom. The number of benzene rings is 1. The van der Waals surface area contributed by atoms with Gasteiger partial charge < -0.3 is 23.9 Å². The van der Waals surface area contributed by atoms with Crippen LogP contribution in [0.15, 0.2) is 59.2 Å². The molecule has 0 radical (unpaired) electrons. The number of nitrogens with one attached hydrogen (secondary N) is 1. The van der Waals surface area contributed by atoms with Crippen LogP contribution in [0.25, 0.3) is 11.5 Å². The van der Waals surface area contributed by atoms with Crippen molar-refractivity contribution in [3.05, 3.63) is 66.1 Å². The summed E-state index contributed by atoms with van der Waals surface area (Å²) in [5.41, 5.74) is 1.26. The van der Waals surface area contributed by atoms with Crippen molar-refractivity contribution >= 4 is 11.8 Å². The molecule has 0 saturated heterocycles. The molecule has 2 amide bonds. The molecule has 2 aliphatic rings. The fourth-order valence-corrected chi connectivity index (χ4v) is 5.11. The molecule has 1 aliphatic heterocycles. The number of hydrogen-bond acceptors (Lipinski definition) is 4. The molecule has 2 aromatic heterocycles. The number of carbonyl (C=O) groups is 2. The molecule has 7 heteroatoms. The summed E-state index contributed by atoms with van der Waals surface area (Å²) >= 11 is 0. The van der Waals surface area contributed by atoms with Gasteiger partial charge in [-0.3, -0.25) is 9.59 Å². The molecule has 1 aliphatic carbocycles. The second-order valence-corrected chi connectivity index (χ2v) is 9.36. The van der Waals surface area contributed by atoms with Crippen molar-refractivity contribution in [2.24, 2.45) is 0 Å². The van der Waals surface area contributed by atoms with Gasteiger partial charge in [0.05, 0.1) is 25.1 Å². The van der Waals surface area contributed by atoms with Gasteiger partial charge in [0.1, 0.15) is 22.7 Å². The van der Waals surface area contributed by atoms with E-state index in [1.54, 1.807) is 11.2 Å². The van der Waals surface area contributed by atoms with E-state index in [4.69, 9.17) is 9.15 Å². The first-order chi connectivity index (χ1) is 16.5. The lowest BCUT2D eigenvalue weighted by Crippen LogP contribution is -2.64. The van der Waals surface area contributed by atoms with E-state index in [1.807, 2.05) is 66.9 Å². The van der Waals surface area contributed by atoms with Crippen LogP contribution in [-0.2, 0) is 17.9 Å². The molecule has 0 spiro atoms. The summed E-state index contributed by atoms with van der Waals surface area (Å²) in [7, 11) is 0. The third-order valence-electron chi connectivity index (χ3n) is 7.03. The SMILES string of the molecule is CCOc1ccc(CN2C(=O)c3ccc(-c4ccco4)n3CC2(C)C(=O)NC2CCCC2)cc1. The molecule has 1 saturated carbocycles. The van der Waals surface area contributed by atoms with Gasteiger partial charge in [0.25, 0.3) is 5.91 Å². The number of amides is 2. The van der Waals surface area contributed by atoms with Gasteiger partial charge in [-0.1, -0.05) is 25.0 Å². The Hall–Kier alpha value is -3.48. The van der Waals surface area contributed by atoms with Crippen LogP contribution in [0.2, 0.25) is 0 Å². The minimum atomic E-state index is -1.05. The Labute approximate surface area is 199 Å². The minimum Gasteiger partial charge on any atom is -0.494 e. The molecule has 1 N–H and O–H groups in total. The summed E-state index contributed by atoms with van der Waals surface area (Å²) in [6.45, 7) is 5.10. The molecule has 1 atom stereocenters. The number of fused-ring (bicyclic) bond motifs is 1. The van der Waals surface area contributed by atoms with Crippen molar-refractivity contribution < 1.29 is 18.7 Å². The zero-order valence-corrected chi connectivity index (χ0v) is 19.8. The van der Waals surface area contributed by atoms with E-state index in [9.17, 15) is 9.59 Å². The highest BCUT2D eigenvalue weighted by Gasteiger charge is 2.48. The second-order valence-electron chi connectivity index (χ2n) is 9.36. The number of rotatable bonds is 7. The molecule has 1 aromatic carbocycles. The molecule has 7 nitrogen and oxygen atoms in total. The third-order valence-corrected chi connectivity index (χ3v) is 7.03. The van der Waals surface area contributed by atoms with Gasteiger partial charge in [-0.15, -0.1) is 0 Å². The number of aromatic nitrogens is 1. The monoisotopic (exact) mass is 461 g/mol. The number of furan rings is 1. The summed E-state index contributed by atoms with van der Waals surface area (Å²) in [5.74, 6) is 1.19. The maximum Gasteiger partial charge on any atom is 0.271 e.